The van der Waals surface area contributed by atoms with Gasteiger partial charge in [-0.25, -0.2) is 9.97 Å². The molecule has 0 spiro atoms. The molecule has 0 unspecified atom stereocenters. The molecule has 98 valence electrons. The van der Waals surface area contributed by atoms with Crippen molar-refractivity contribution < 1.29 is 4.79 Å². The predicted molar refractivity (Wildman–Crippen MR) is 76.1 cm³/mol. The average Bonchev–Trinajstić information content (AvgIpc) is 2.37. The van der Waals surface area contributed by atoms with E-state index in [4.69, 9.17) is 5.73 Å². The molecule has 2 aromatic rings. The minimum Gasteiger partial charge on any atom is -0.383 e. The van der Waals surface area contributed by atoms with E-state index in [1.54, 1.807) is 0 Å². The topological polar surface area (TPSA) is 80.9 Å². The summed E-state index contributed by atoms with van der Waals surface area (Å²) >= 11 is 1.51. The molecule has 0 aliphatic rings. The Balaban J connectivity index is 2.15. The van der Waals surface area contributed by atoms with E-state index < -0.39 is 0 Å². The Morgan fingerprint density at radius 3 is 2.58 bits per heavy atom. The number of aromatic nitrogens is 2. The SMILES string of the molecule is CC(=O)Nc1ccc(Sc2ncnc(N)c2C)cc1. The van der Waals surface area contributed by atoms with E-state index in [0.29, 0.717) is 5.82 Å². The second-order valence-electron chi connectivity index (χ2n) is 4.00. The maximum atomic E-state index is 10.9. The van der Waals surface area contributed by atoms with Crippen LogP contribution in [-0.2, 0) is 4.79 Å². The summed E-state index contributed by atoms with van der Waals surface area (Å²) in [5, 5.41) is 3.56. The highest BCUT2D eigenvalue weighted by Crippen LogP contribution is 2.30. The number of carbonyl (C=O) groups is 1. The molecular weight excluding hydrogens is 260 g/mol. The maximum Gasteiger partial charge on any atom is 0.221 e. The predicted octanol–water partition coefficient (Wildman–Crippen LogP) is 2.48. The van der Waals surface area contributed by atoms with Crippen molar-refractivity contribution in [1.82, 2.24) is 9.97 Å². The van der Waals surface area contributed by atoms with Crippen LogP contribution in [0.4, 0.5) is 11.5 Å². The molecule has 0 radical (unpaired) electrons. The van der Waals surface area contributed by atoms with Crippen LogP contribution >= 0.6 is 11.8 Å². The second-order valence-corrected chi connectivity index (χ2v) is 5.06. The van der Waals surface area contributed by atoms with Crippen molar-refractivity contribution in [2.24, 2.45) is 0 Å². The number of nitrogens with two attached hydrogens (primary N) is 1. The molecule has 0 aliphatic heterocycles. The molecule has 1 aromatic heterocycles. The van der Waals surface area contributed by atoms with E-state index in [9.17, 15) is 4.79 Å². The summed E-state index contributed by atoms with van der Waals surface area (Å²) in [5.74, 6) is 0.409. The van der Waals surface area contributed by atoms with Crippen molar-refractivity contribution in [3.63, 3.8) is 0 Å². The zero-order valence-electron chi connectivity index (χ0n) is 10.7. The first-order valence-corrected chi connectivity index (χ1v) is 6.50. The van der Waals surface area contributed by atoms with E-state index in [1.165, 1.54) is 25.0 Å². The van der Waals surface area contributed by atoms with E-state index in [0.717, 1.165) is 21.2 Å². The number of hydrogen-bond acceptors (Lipinski definition) is 5. The minimum absolute atomic E-state index is 0.0835. The number of benzene rings is 1. The largest absolute Gasteiger partial charge is 0.383 e. The normalized spacial score (nSPS) is 10.2. The van der Waals surface area contributed by atoms with Crippen LogP contribution in [0, 0.1) is 6.92 Å². The summed E-state index contributed by atoms with van der Waals surface area (Å²) in [6.07, 6.45) is 1.45. The van der Waals surface area contributed by atoms with Crippen LogP contribution < -0.4 is 11.1 Å². The van der Waals surface area contributed by atoms with Gasteiger partial charge in [-0.1, -0.05) is 11.8 Å². The van der Waals surface area contributed by atoms with Crippen LogP contribution in [-0.4, -0.2) is 15.9 Å². The lowest BCUT2D eigenvalue weighted by atomic mass is 10.3. The standard InChI is InChI=1S/C13H14N4OS/c1-8-12(14)15-7-16-13(8)19-11-5-3-10(4-6-11)17-9(2)18/h3-7H,1-2H3,(H,17,18)(H2,14,15,16). The monoisotopic (exact) mass is 274 g/mol. The Morgan fingerprint density at radius 2 is 1.95 bits per heavy atom. The number of nitrogen functional groups attached to an aromatic ring is 1. The molecule has 0 aliphatic carbocycles. The van der Waals surface area contributed by atoms with Gasteiger partial charge in [-0.3, -0.25) is 4.79 Å². The van der Waals surface area contributed by atoms with Crippen LogP contribution in [0.3, 0.4) is 0 Å². The van der Waals surface area contributed by atoms with E-state index >= 15 is 0 Å². The Morgan fingerprint density at radius 1 is 1.26 bits per heavy atom. The van der Waals surface area contributed by atoms with E-state index in [2.05, 4.69) is 15.3 Å². The average molecular weight is 274 g/mol. The van der Waals surface area contributed by atoms with Crippen LogP contribution in [0.5, 0.6) is 0 Å². The summed E-state index contributed by atoms with van der Waals surface area (Å²) in [4.78, 5) is 20.1. The summed E-state index contributed by atoms with van der Waals surface area (Å²) in [5.41, 5.74) is 7.39. The molecule has 0 fully saturated rings. The minimum atomic E-state index is -0.0835. The number of rotatable bonds is 3. The molecule has 3 N–H and O–H groups in total. The number of carbonyl (C=O) groups excluding carboxylic acids is 1. The van der Waals surface area contributed by atoms with Crippen molar-refractivity contribution in [3.8, 4) is 0 Å². The van der Waals surface area contributed by atoms with Crippen molar-refractivity contribution >= 4 is 29.2 Å². The van der Waals surface area contributed by atoms with Gasteiger partial charge in [0.25, 0.3) is 0 Å². The lowest BCUT2D eigenvalue weighted by Crippen LogP contribution is -2.05. The molecule has 5 nitrogen and oxygen atoms in total. The number of nitrogens with one attached hydrogen (secondary N) is 1. The molecule has 1 heterocycles. The van der Waals surface area contributed by atoms with Crippen LogP contribution in [0.2, 0.25) is 0 Å². The highest BCUT2D eigenvalue weighted by Gasteiger charge is 2.06. The second kappa shape index (κ2) is 5.71. The van der Waals surface area contributed by atoms with Crippen LogP contribution in [0.1, 0.15) is 12.5 Å². The molecular formula is C13H14N4OS. The molecule has 6 heteroatoms. The third-order valence-corrected chi connectivity index (χ3v) is 3.58. The number of amides is 1. The van der Waals surface area contributed by atoms with Gasteiger partial charge in [0.15, 0.2) is 0 Å². The lowest BCUT2D eigenvalue weighted by molar-refractivity contribution is -0.114. The highest BCUT2D eigenvalue weighted by atomic mass is 32.2. The lowest BCUT2D eigenvalue weighted by Gasteiger charge is -2.07. The van der Waals surface area contributed by atoms with Gasteiger partial charge >= 0.3 is 0 Å². The molecule has 19 heavy (non-hydrogen) atoms. The van der Waals surface area contributed by atoms with E-state index in [-0.39, 0.29) is 5.91 Å². The first kappa shape index (κ1) is 13.4. The van der Waals surface area contributed by atoms with Crippen LogP contribution in [0.15, 0.2) is 40.5 Å². The smallest absolute Gasteiger partial charge is 0.221 e. The van der Waals surface area contributed by atoms with Crippen molar-refractivity contribution in [2.75, 3.05) is 11.1 Å². The van der Waals surface area contributed by atoms with Gasteiger partial charge in [0.1, 0.15) is 17.2 Å². The highest BCUT2D eigenvalue weighted by molar-refractivity contribution is 7.99. The van der Waals surface area contributed by atoms with Gasteiger partial charge in [0.2, 0.25) is 5.91 Å². The molecule has 1 aromatic carbocycles. The Kier molecular flexibility index (Phi) is 4.01. The summed E-state index contributed by atoms with van der Waals surface area (Å²) < 4.78 is 0. The Bertz CT molecular complexity index is 598. The molecule has 2 rings (SSSR count). The van der Waals surface area contributed by atoms with Gasteiger partial charge in [0.05, 0.1) is 0 Å². The number of anilines is 2. The zero-order valence-corrected chi connectivity index (χ0v) is 11.5. The molecule has 0 saturated carbocycles. The summed E-state index contributed by atoms with van der Waals surface area (Å²) in [7, 11) is 0. The zero-order chi connectivity index (χ0) is 13.8. The quantitative estimate of drug-likeness (QED) is 0.840. The molecule has 0 saturated heterocycles. The number of nitrogens with zero attached hydrogens (tertiary/aromatic N) is 2. The number of hydrogen-bond donors (Lipinski definition) is 2. The third-order valence-electron chi connectivity index (χ3n) is 2.47. The molecule has 1 amide bonds. The Labute approximate surface area is 115 Å². The fraction of sp³-hybridized carbons (Fsp3) is 0.154. The first-order chi connectivity index (χ1) is 9.06. The maximum absolute atomic E-state index is 10.9. The van der Waals surface area contributed by atoms with Gasteiger partial charge in [0, 0.05) is 23.1 Å². The molecule has 0 atom stereocenters. The van der Waals surface area contributed by atoms with Crippen molar-refractivity contribution in [3.05, 3.63) is 36.2 Å². The van der Waals surface area contributed by atoms with Gasteiger partial charge in [-0.05, 0) is 31.2 Å². The first-order valence-electron chi connectivity index (χ1n) is 5.69. The fourth-order valence-electron chi connectivity index (χ4n) is 1.47. The van der Waals surface area contributed by atoms with Gasteiger partial charge in [-0.15, -0.1) is 0 Å². The summed E-state index contributed by atoms with van der Waals surface area (Å²) in [6, 6.07) is 7.55. The van der Waals surface area contributed by atoms with Gasteiger partial charge in [-0.2, -0.15) is 0 Å². The van der Waals surface area contributed by atoms with Gasteiger partial charge < -0.3 is 11.1 Å². The van der Waals surface area contributed by atoms with Crippen molar-refractivity contribution in [1.29, 1.82) is 0 Å². The molecule has 0 bridgehead atoms. The third kappa shape index (κ3) is 3.45. The Hall–Kier alpha value is -2.08. The van der Waals surface area contributed by atoms with Crippen LogP contribution in [0.25, 0.3) is 0 Å². The van der Waals surface area contributed by atoms with E-state index in [1.807, 2.05) is 31.2 Å². The summed E-state index contributed by atoms with van der Waals surface area (Å²) in [6.45, 7) is 3.37. The fourth-order valence-corrected chi connectivity index (χ4v) is 2.32. The van der Waals surface area contributed by atoms with Crippen molar-refractivity contribution in [2.45, 2.75) is 23.8 Å².